The molecule has 2 fully saturated rings. The van der Waals surface area contributed by atoms with Gasteiger partial charge in [0, 0.05) is 0 Å². The highest BCUT2D eigenvalue weighted by atomic mass is 35.5. The third-order valence-corrected chi connectivity index (χ3v) is 7.00. The van der Waals surface area contributed by atoms with Crippen LogP contribution >= 0.6 is 11.6 Å². The van der Waals surface area contributed by atoms with Crippen LogP contribution in [0.1, 0.15) is 90.5 Å². The number of rotatable bonds is 7. The Morgan fingerprint density at radius 2 is 1.52 bits per heavy atom. The maximum Gasteiger partial charge on any atom is 0.316 e. The predicted molar refractivity (Wildman–Crippen MR) is 119 cm³/mol. The van der Waals surface area contributed by atoms with Gasteiger partial charge in [0.25, 0.3) is 0 Å². The molecule has 0 radical (unpaired) electrons. The fraction of sp³-hybridized carbons (Fsp3) is 0.720. The summed E-state index contributed by atoms with van der Waals surface area (Å²) < 4.78 is 11.4. The van der Waals surface area contributed by atoms with E-state index in [-0.39, 0.29) is 11.6 Å². The first-order valence-electron chi connectivity index (χ1n) is 11.3. The number of carbonyl (C=O) groups excluding carboxylic acids is 1. The van der Waals surface area contributed by atoms with Crippen molar-refractivity contribution in [3.63, 3.8) is 0 Å². The van der Waals surface area contributed by atoms with Crippen molar-refractivity contribution in [3.05, 3.63) is 28.8 Å². The van der Waals surface area contributed by atoms with Gasteiger partial charge in [0.15, 0.2) is 0 Å². The van der Waals surface area contributed by atoms with Crippen LogP contribution in [0.15, 0.2) is 18.2 Å². The van der Waals surface area contributed by atoms with Crippen LogP contribution in [0.2, 0.25) is 5.02 Å². The molecule has 1 aromatic carbocycles. The normalized spacial score (nSPS) is 18.9. The Kier molecular flexibility index (Phi) is 7.19. The van der Waals surface area contributed by atoms with Gasteiger partial charge in [0.1, 0.15) is 11.4 Å². The minimum atomic E-state index is -0.608. The zero-order valence-electron chi connectivity index (χ0n) is 18.6. The van der Waals surface area contributed by atoms with E-state index in [4.69, 9.17) is 21.1 Å². The number of methoxy groups -OCH3 is 1. The summed E-state index contributed by atoms with van der Waals surface area (Å²) in [6, 6.07) is 5.95. The molecule has 162 valence electrons. The first-order valence-corrected chi connectivity index (χ1v) is 11.7. The molecular formula is C25H37ClO3. The van der Waals surface area contributed by atoms with E-state index in [0.29, 0.717) is 22.6 Å². The highest BCUT2D eigenvalue weighted by Crippen LogP contribution is 2.47. The standard InChI is InChI=1S/C25H37ClO3/c1-24(2,3)29-22-14-13-20(15-21(22)26)25(23(27)28-4,16-18-9-5-6-10-18)17-19-11-7-8-12-19/h13-15,18-19H,5-12,16-17H2,1-4H3. The maximum atomic E-state index is 13.3. The van der Waals surface area contributed by atoms with Gasteiger partial charge >= 0.3 is 5.97 Å². The lowest BCUT2D eigenvalue weighted by molar-refractivity contribution is -0.149. The smallest absolute Gasteiger partial charge is 0.316 e. The highest BCUT2D eigenvalue weighted by Gasteiger charge is 2.45. The predicted octanol–water partition coefficient (Wildman–Crippen LogP) is 7.09. The van der Waals surface area contributed by atoms with E-state index in [1.54, 1.807) is 0 Å². The molecule has 0 N–H and O–H groups in total. The molecule has 3 rings (SSSR count). The quantitative estimate of drug-likeness (QED) is 0.441. The molecule has 2 aliphatic carbocycles. The Labute approximate surface area is 181 Å². The molecule has 2 saturated carbocycles. The molecule has 0 saturated heterocycles. The monoisotopic (exact) mass is 420 g/mol. The maximum absolute atomic E-state index is 13.3. The average Bonchev–Trinajstić information content (AvgIpc) is 3.35. The van der Waals surface area contributed by atoms with E-state index >= 15 is 0 Å². The third-order valence-electron chi connectivity index (χ3n) is 6.70. The second-order valence-corrected chi connectivity index (χ2v) is 10.5. The fourth-order valence-electron chi connectivity index (χ4n) is 5.42. The van der Waals surface area contributed by atoms with Gasteiger partial charge < -0.3 is 9.47 Å². The zero-order valence-corrected chi connectivity index (χ0v) is 19.3. The summed E-state index contributed by atoms with van der Waals surface area (Å²) in [5.74, 6) is 1.74. The van der Waals surface area contributed by atoms with Gasteiger partial charge in [0.2, 0.25) is 0 Å². The van der Waals surface area contributed by atoms with Crippen molar-refractivity contribution >= 4 is 17.6 Å². The number of carbonyl (C=O) groups is 1. The molecule has 3 nitrogen and oxygen atoms in total. The third kappa shape index (κ3) is 5.48. The SMILES string of the molecule is COC(=O)C(CC1CCCC1)(CC1CCCC1)c1ccc(OC(C)(C)C)c(Cl)c1. The summed E-state index contributed by atoms with van der Waals surface area (Å²) in [5.41, 5.74) is 0.0652. The van der Waals surface area contributed by atoms with Crippen molar-refractivity contribution in [1.82, 2.24) is 0 Å². The molecule has 29 heavy (non-hydrogen) atoms. The molecule has 0 amide bonds. The summed E-state index contributed by atoms with van der Waals surface area (Å²) in [4.78, 5) is 13.3. The molecule has 2 aliphatic rings. The molecule has 4 heteroatoms. The first kappa shape index (κ1) is 22.5. The topological polar surface area (TPSA) is 35.5 Å². The van der Waals surface area contributed by atoms with Crippen molar-refractivity contribution in [3.8, 4) is 5.75 Å². The summed E-state index contributed by atoms with van der Waals surface area (Å²) >= 11 is 6.65. The second kappa shape index (κ2) is 9.29. The van der Waals surface area contributed by atoms with Crippen molar-refractivity contribution in [2.24, 2.45) is 11.8 Å². The first-order chi connectivity index (χ1) is 13.7. The van der Waals surface area contributed by atoms with E-state index in [2.05, 4.69) is 0 Å². The fourth-order valence-corrected chi connectivity index (χ4v) is 5.64. The van der Waals surface area contributed by atoms with Gasteiger partial charge in [-0.25, -0.2) is 0 Å². The summed E-state index contributed by atoms with van der Waals surface area (Å²) in [6.45, 7) is 6.03. The van der Waals surface area contributed by atoms with Crippen molar-refractivity contribution in [2.75, 3.05) is 7.11 Å². The van der Waals surface area contributed by atoms with Crippen LogP contribution in [0.25, 0.3) is 0 Å². The van der Waals surface area contributed by atoms with Crippen LogP contribution in [-0.2, 0) is 14.9 Å². The van der Waals surface area contributed by atoms with Gasteiger partial charge in [0.05, 0.1) is 17.5 Å². The lowest BCUT2D eigenvalue weighted by Crippen LogP contribution is -2.40. The summed E-state index contributed by atoms with van der Waals surface area (Å²) in [7, 11) is 1.53. The molecule has 0 spiro atoms. The van der Waals surface area contributed by atoms with Crippen LogP contribution in [-0.4, -0.2) is 18.7 Å². The molecule has 0 aromatic heterocycles. The lowest BCUT2D eigenvalue weighted by Gasteiger charge is -2.36. The lowest BCUT2D eigenvalue weighted by atomic mass is 9.68. The van der Waals surface area contributed by atoms with Crippen molar-refractivity contribution in [2.45, 2.75) is 96.0 Å². The van der Waals surface area contributed by atoms with Crippen LogP contribution in [0.3, 0.4) is 0 Å². The molecule has 0 unspecified atom stereocenters. The van der Waals surface area contributed by atoms with Crippen LogP contribution in [0, 0.1) is 11.8 Å². The van der Waals surface area contributed by atoms with Crippen molar-refractivity contribution < 1.29 is 14.3 Å². The number of benzene rings is 1. The molecule has 0 atom stereocenters. The number of halogens is 1. The second-order valence-electron chi connectivity index (χ2n) is 10.1. The van der Waals surface area contributed by atoms with E-state index in [1.807, 2.05) is 39.0 Å². The van der Waals surface area contributed by atoms with Gasteiger partial charge in [-0.3, -0.25) is 4.79 Å². The molecule has 0 aliphatic heterocycles. The number of hydrogen-bond acceptors (Lipinski definition) is 3. The Balaban J connectivity index is 1.99. The molecule has 0 heterocycles. The van der Waals surface area contributed by atoms with E-state index in [9.17, 15) is 4.79 Å². The van der Waals surface area contributed by atoms with Gasteiger partial charge in [-0.15, -0.1) is 0 Å². The Hall–Kier alpha value is -1.22. The summed E-state index contributed by atoms with van der Waals surface area (Å²) in [5, 5.41) is 0.573. The molecular weight excluding hydrogens is 384 g/mol. The van der Waals surface area contributed by atoms with Crippen molar-refractivity contribution in [1.29, 1.82) is 0 Å². The minimum Gasteiger partial charge on any atom is -0.487 e. The van der Waals surface area contributed by atoms with Crippen LogP contribution < -0.4 is 4.74 Å². The number of ether oxygens (including phenoxy) is 2. The van der Waals surface area contributed by atoms with Gasteiger partial charge in [-0.2, -0.15) is 0 Å². The van der Waals surface area contributed by atoms with Gasteiger partial charge in [-0.05, 0) is 63.1 Å². The Morgan fingerprint density at radius 3 is 1.93 bits per heavy atom. The Morgan fingerprint density at radius 1 is 1.00 bits per heavy atom. The zero-order chi connectivity index (χ0) is 21.1. The van der Waals surface area contributed by atoms with Crippen LogP contribution in [0.4, 0.5) is 0 Å². The minimum absolute atomic E-state index is 0.100. The Bertz CT molecular complexity index is 677. The highest BCUT2D eigenvalue weighted by molar-refractivity contribution is 6.32. The largest absolute Gasteiger partial charge is 0.487 e. The molecule has 0 bridgehead atoms. The molecule has 1 aromatic rings. The average molecular weight is 421 g/mol. The van der Waals surface area contributed by atoms with E-state index in [0.717, 1.165) is 18.4 Å². The van der Waals surface area contributed by atoms with E-state index in [1.165, 1.54) is 58.5 Å². The number of hydrogen-bond donors (Lipinski definition) is 0. The number of esters is 1. The summed E-state index contributed by atoms with van der Waals surface area (Å²) in [6.07, 6.45) is 11.7. The van der Waals surface area contributed by atoms with E-state index < -0.39 is 5.41 Å². The van der Waals surface area contributed by atoms with Gasteiger partial charge in [-0.1, -0.05) is 69.0 Å². The van der Waals surface area contributed by atoms with Crippen LogP contribution in [0.5, 0.6) is 5.75 Å².